The lowest BCUT2D eigenvalue weighted by Gasteiger charge is -2.71. The van der Waals surface area contributed by atoms with Crippen LogP contribution in [0.25, 0.3) is 0 Å². The Morgan fingerprint density at radius 3 is 2.11 bits per heavy atom. The zero-order chi connectivity index (χ0) is 27.4. The van der Waals surface area contributed by atoms with Crippen LogP contribution in [0.3, 0.4) is 0 Å². The fourth-order valence-electron chi connectivity index (χ4n) is 10.7. The third kappa shape index (κ3) is 3.05. The first-order valence-electron chi connectivity index (χ1n) is 14.2. The molecule has 0 bridgehead atoms. The summed E-state index contributed by atoms with van der Waals surface area (Å²) in [4.78, 5) is 25.4. The highest BCUT2D eigenvalue weighted by Crippen LogP contribution is 2.75. The number of aliphatic carboxylic acids is 2. The molecule has 5 aliphatic rings. The lowest BCUT2D eigenvalue weighted by atomic mass is 9.33. The molecule has 7 nitrogen and oxygen atoms in total. The summed E-state index contributed by atoms with van der Waals surface area (Å²) < 4.78 is 0. The Labute approximate surface area is 220 Å². The largest absolute Gasteiger partial charge is 0.481 e. The van der Waals surface area contributed by atoms with Crippen molar-refractivity contribution >= 4 is 11.9 Å². The second-order valence-corrected chi connectivity index (χ2v) is 14.7. The molecular formula is C30H46O7. The van der Waals surface area contributed by atoms with Gasteiger partial charge in [0, 0.05) is 5.92 Å². The average Bonchev–Trinajstić information content (AvgIpc) is 2.82. The molecule has 208 valence electrons. The van der Waals surface area contributed by atoms with E-state index in [1.807, 2.05) is 13.8 Å². The highest BCUT2D eigenvalue weighted by Gasteiger charge is 2.72. The van der Waals surface area contributed by atoms with E-state index in [1.165, 1.54) is 0 Å². The number of hydrogen-bond acceptors (Lipinski definition) is 5. The maximum atomic E-state index is 12.8. The van der Waals surface area contributed by atoms with E-state index in [0.717, 1.165) is 18.4 Å². The zero-order valence-electron chi connectivity index (χ0n) is 23.1. The second-order valence-electron chi connectivity index (χ2n) is 14.7. The monoisotopic (exact) mass is 518 g/mol. The van der Waals surface area contributed by atoms with E-state index in [4.69, 9.17) is 0 Å². The number of carboxylic acid groups (broad SMARTS) is 2. The lowest BCUT2D eigenvalue weighted by Crippen LogP contribution is -2.68. The van der Waals surface area contributed by atoms with E-state index in [2.05, 4.69) is 26.8 Å². The molecule has 0 amide bonds. The van der Waals surface area contributed by atoms with E-state index in [0.29, 0.717) is 44.9 Å². The van der Waals surface area contributed by atoms with Crippen molar-refractivity contribution in [3.05, 3.63) is 11.6 Å². The Morgan fingerprint density at radius 2 is 1.51 bits per heavy atom. The second kappa shape index (κ2) is 8.04. The molecule has 4 saturated carbocycles. The van der Waals surface area contributed by atoms with Crippen molar-refractivity contribution in [1.82, 2.24) is 0 Å². The van der Waals surface area contributed by atoms with Gasteiger partial charge in [-0.05, 0) is 91.3 Å². The summed E-state index contributed by atoms with van der Waals surface area (Å²) in [5.41, 5.74) is -2.69. The van der Waals surface area contributed by atoms with Crippen LogP contribution >= 0.6 is 0 Å². The van der Waals surface area contributed by atoms with Crippen molar-refractivity contribution in [2.75, 3.05) is 6.61 Å². The van der Waals surface area contributed by atoms with Crippen LogP contribution in [0.2, 0.25) is 0 Å². The molecule has 0 aromatic heterocycles. The van der Waals surface area contributed by atoms with Gasteiger partial charge < -0.3 is 25.5 Å². The number of aliphatic hydroxyl groups is 3. The minimum atomic E-state index is -1.56. The van der Waals surface area contributed by atoms with E-state index in [9.17, 15) is 35.1 Å². The molecule has 37 heavy (non-hydrogen) atoms. The lowest BCUT2D eigenvalue weighted by molar-refractivity contribution is -0.230. The van der Waals surface area contributed by atoms with Gasteiger partial charge in [-0.2, -0.15) is 0 Å². The number of aliphatic hydroxyl groups excluding tert-OH is 3. The summed E-state index contributed by atoms with van der Waals surface area (Å²) in [6.07, 6.45) is 6.01. The molecule has 5 aliphatic carbocycles. The first kappa shape index (κ1) is 27.1. The van der Waals surface area contributed by atoms with Gasteiger partial charge in [0.05, 0.1) is 24.2 Å². The fourth-order valence-corrected chi connectivity index (χ4v) is 10.7. The highest BCUT2D eigenvalue weighted by atomic mass is 16.4. The van der Waals surface area contributed by atoms with Gasteiger partial charge in [0.2, 0.25) is 0 Å². The summed E-state index contributed by atoms with van der Waals surface area (Å²) in [7, 11) is 0. The average molecular weight is 519 g/mol. The van der Waals surface area contributed by atoms with Crippen molar-refractivity contribution in [2.45, 2.75) is 105 Å². The van der Waals surface area contributed by atoms with Gasteiger partial charge in [0.25, 0.3) is 0 Å². The number of allylic oxidation sites excluding steroid dienone is 1. The maximum absolute atomic E-state index is 12.8. The summed E-state index contributed by atoms with van der Waals surface area (Å²) in [5.74, 6) is -2.55. The molecule has 0 unspecified atom stereocenters. The molecule has 0 aromatic rings. The number of rotatable bonds is 3. The minimum Gasteiger partial charge on any atom is -0.481 e. The van der Waals surface area contributed by atoms with E-state index in [1.54, 1.807) is 0 Å². The molecule has 0 spiro atoms. The molecule has 5 N–H and O–H groups in total. The maximum Gasteiger partial charge on any atom is 0.314 e. The van der Waals surface area contributed by atoms with Gasteiger partial charge in [-0.3, -0.25) is 9.59 Å². The van der Waals surface area contributed by atoms with E-state index in [-0.39, 0.29) is 33.5 Å². The molecule has 0 aromatic carbocycles. The normalized spacial score (nSPS) is 52.5. The van der Waals surface area contributed by atoms with Gasteiger partial charge in [-0.1, -0.05) is 46.3 Å². The topological polar surface area (TPSA) is 135 Å². The van der Waals surface area contributed by atoms with Gasteiger partial charge in [-0.25, -0.2) is 0 Å². The molecule has 7 heteroatoms. The molecule has 0 heterocycles. The van der Waals surface area contributed by atoms with Crippen molar-refractivity contribution in [3.63, 3.8) is 0 Å². The first-order valence-corrected chi connectivity index (χ1v) is 14.2. The van der Waals surface area contributed by atoms with Crippen molar-refractivity contribution in [1.29, 1.82) is 0 Å². The Hall–Kier alpha value is -1.44. The molecule has 4 fully saturated rings. The highest BCUT2D eigenvalue weighted by molar-refractivity contribution is 5.77. The number of carboxylic acids is 2. The van der Waals surface area contributed by atoms with Crippen LogP contribution in [0.5, 0.6) is 0 Å². The Kier molecular flexibility index (Phi) is 5.90. The van der Waals surface area contributed by atoms with E-state index < -0.39 is 47.5 Å². The molecule has 0 radical (unpaired) electrons. The van der Waals surface area contributed by atoms with Crippen molar-refractivity contribution in [3.8, 4) is 0 Å². The number of carbonyl (C=O) groups is 2. The van der Waals surface area contributed by atoms with Gasteiger partial charge in [0.1, 0.15) is 5.41 Å². The van der Waals surface area contributed by atoms with Crippen LogP contribution in [0.15, 0.2) is 11.6 Å². The van der Waals surface area contributed by atoms with Crippen molar-refractivity contribution < 1.29 is 35.1 Å². The standard InChI is InChI=1S/C30H46O7/c1-25(2)12-14-29(23(34)35)15-13-27(4)17(21(29)22(25)33)6-7-18-26(3)10-9-20(32)30(16-31,24(36)37)19(26)8-11-28(18,27)5/h6,18-22,31-33H,7-16H2,1-5H3,(H,34,35)(H,36,37)/t18-,19-,20+,21-,22+,26-,27-,28-,29+,30-/m1/s1. The summed E-state index contributed by atoms with van der Waals surface area (Å²) in [6.45, 7) is 10.3. The van der Waals surface area contributed by atoms with Crippen LogP contribution in [0.4, 0.5) is 0 Å². The third-order valence-electron chi connectivity index (χ3n) is 13.4. The number of fused-ring (bicyclic) bond motifs is 7. The number of hydrogen-bond donors (Lipinski definition) is 5. The summed E-state index contributed by atoms with van der Waals surface area (Å²) in [6, 6.07) is 0. The van der Waals surface area contributed by atoms with Crippen LogP contribution in [0.1, 0.15) is 92.4 Å². The van der Waals surface area contributed by atoms with Crippen LogP contribution in [-0.2, 0) is 9.59 Å². The molecule has 0 aliphatic heterocycles. The smallest absolute Gasteiger partial charge is 0.314 e. The Morgan fingerprint density at radius 1 is 0.865 bits per heavy atom. The van der Waals surface area contributed by atoms with Crippen LogP contribution in [0, 0.1) is 50.2 Å². The SMILES string of the molecule is CC1(C)CC[C@]2(C(=O)O)CC[C@]3(C)C(=CC[C@@H]4[C@@]5(C)CC[C@H](O)[C@](CO)(C(=O)O)[C@@H]5CC[C@]43C)[C@@H]2[C@@H]1O. The quantitative estimate of drug-likeness (QED) is 0.353. The molecule has 10 atom stereocenters. The minimum absolute atomic E-state index is 0.136. The molecule has 5 rings (SSSR count). The zero-order valence-corrected chi connectivity index (χ0v) is 23.1. The Balaban J connectivity index is 1.63. The fraction of sp³-hybridized carbons (Fsp3) is 0.867. The third-order valence-corrected chi connectivity index (χ3v) is 13.4. The van der Waals surface area contributed by atoms with Crippen molar-refractivity contribution in [2.24, 2.45) is 50.2 Å². The van der Waals surface area contributed by atoms with Gasteiger partial charge in [-0.15, -0.1) is 0 Å². The summed E-state index contributed by atoms with van der Waals surface area (Å²) >= 11 is 0. The predicted molar refractivity (Wildman–Crippen MR) is 137 cm³/mol. The van der Waals surface area contributed by atoms with E-state index >= 15 is 0 Å². The first-order chi connectivity index (χ1) is 17.1. The van der Waals surface area contributed by atoms with Gasteiger partial charge >= 0.3 is 11.9 Å². The molecule has 0 saturated heterocycles. The van der Waals surface area contributed by atoms with Crippen LogP contribution < -0.4 is 0 Å². The molecular weight excluding hydrogens is 472 g/mol. The van der Waals surface area contributed by atoms with Crippen LogP contribution in [-0.4, -0.2) is 56.3 Å². The predicted octanol–water partition coefficient (Wildman–Crippen LogP) is 4.24. The summed E-state index contributed by atoms with van der Waals surface area (Å²) in [5, 5.41) is 53.7. The Bertz CT molecular complexity index is 1030. The van der Waals surface area contributed by atoms with Gasteiger partial charge in [0.15, 0.2) is 0 Å².